The third-order valence-electron chi connectivity index (χ3n) is 3.95. The van der Waals surface area contributed by atoms with Gasteiger partial charge in [-0.15, -0.1) is 0 Å². The Morgan fingerprint density at radius 3 is 2.71 bits per heavy atom. The number of anilines is 1. The van der Waals surface area contributed by atoms with E-state index in [2.05, 4.69) is 5.32 Å². The van der Waals surface area contributed by atoms with Gasteiger partial charge < -0.3 is 19.9 Å². The molecule has 0 aliphatic carbocycles. The molecule has 2 aromatic carbocycles. The lowest BCUT2D eigenvalue weighted by Crippen LogP contribution is -2.19. The summed E-state index contributed by atoms with van der Waals surface area (Å²) in [6, 6.07) is 10.8. The van der Waals surface area contributed by atoms with E-state index in [0.717, 1.165) is 30.2 Å². The molecule has 1 saturated heterocycles. The van der Waals surface area contributed by atoms with Crippen molar-refractivity contribution in [3.63, 3.8) is 0 Å². The minimum Gasteiger partial charge on any atom is -0.481 e. The van der Waals surface area contributed by atoms with E-state index >= 15 is 0 Å². The number of carbonyl (C=O) groups excluding carboxylic acids is 1. The van der Waals surface area contributed by atoms with Gasteiger partial charge in [0.25, 0.3) is 0 Å². The Morgan fingerprint density at radius 1 is 1.21 bits per heavy atom. The van der Waals surface area contributed by atoms with E-state index in [1.807, 2.05) is 24.3 Å². The predicted molar refractivity (Wildman–Crippen MR) is 89.3 cm³/mol. The van der Waals surface area contributed by atoms with E-state index in [0.29, 0.717) is 17.9 Å². The van der Waals surface area contributed by atoms with Crippen LogP contribution < -0.4 is 10.1 Å². The van der Waals surface area contributed by atoms with Gasteiger partial charge >= 0.3 is 5.97 Å². The van der Waals surface area contributed by atoms with Crippen LogP contribution in [-0.2, 0) is 14.3 Å². The Hall–Kier alpha value is -2.60. The first-order chi connectivity index (χ1) is 11.6. The normalized spacial score (nSPS) is 16.9. The molecule has 0 radical (unpaired) electrons. The highest BCUT2D eigenvalue weighted by atomic mass is 16.5. The smallest absolute Gasteiger partial charge is 0.341 e. The number of hydrogen-bond donors (Lipinski definition) is 2. The highest BCUT2D eigenvalue weighted by molar-refractivity contribution is 6.04. The van der Waals surface area contributed by atoms with Crippen LogP contribution in [0.15, 0.2) is 36.4 Å². The number of carbonyl (C=O) groups is 2. The van der Waals surface area contributed by atoms with E-state index < -0.39 is 12.6 Å². The minimum absolute atomic E-state index is 0.00515. The zero-order valence-electron chi connectivity index (χ0n) is 13.2. The number of nitrogens with one attached hydrogen (secondary N) is 1. The SMILES string of the molecule is O=C(O)COc1ccc(NC(=O)CC2CCCO2)c2ccccc12. The Morgan fingerprint density at radius 2 is 2.00 bits per heavy atom. The zero-order chi connectivity index (χ0) is 16.9. The van der Waals surface area contributed by atoms with Crippen LogP contribution >= 0.6 is 0 Å². The summed E-state index contributed by atoms with van der Waals surface area (Å²) in [5.41, 5.74) is 0.677. The minimum atomic E-state index is -1.03. The average Bonchev–Trinajstić information content (AvgIpc) is 3.07. The van der Waals surface area contributed by atoms with Gasteiger partial charge in [-0.25, -0.2) is 4.79 Å². The van der Waals surface area contributed by atoms with Crippen molar-refractivity contribution in [2.45, 2.75) is 25.4 Å². The van der Waals surface area contributed by atoms with E-state index in [-0.39, 0.29) is 12.0 Å². The van der Waals surface area contributed by atoms with Gasteiger partial charge in [0.05, 0.1) is 12.5 Å². The summed E-state index contributed by atoms with van der Waals surface area (Å²) in [4.78, 5) is 22.9. The molecule has 1 aliphatic rings. The molecule has 2 aromatic rings. The number of ether oxygens (including phenoxy) is 2. The molecule has 1 heterocycles. The summed E-state index contributed by atoms with van der Waals surface area (Å²) in [5.74, 6) is -0.649. The molecule has 126 valence electrons. The molecular formula is C18H19NO5. The third kappa shape index (κ3) is 3.83. The third-order valence-corrected chi connectivity index (χ3v) is 3.95. The Balaban J connectivity index is 1.79. The molecule has 0 spiro atoms. The summed E-state index contributed by atoms with van der Waals surface area (Å²) < 4.78 is 10.8. The highest BCUT2D eigenvalue weighted by Gasteiger charge is 2.19. The molecule has 6 heteroatoms. The van der Waals surface area contributed by atoms with Crippen molar-refractivity contribution in [3.8, 4) is 5.75 Å². The van der Waals surface area contributed by atoms with Gasteiger partial charge in [-0.1, -0.05) is 24.3 Å². The van der Waals surface area contributed by atoms with Crippen LogP contribution in [0.5, 0.6) is 5.75 Å². The quantitative estimate of drug-likeness (QED) is 0.851. The molecular weight excluding hydrogens is 310 g/mol. The molecule has 2 N–H and O–H groups in total. The maximum absolute atomic E-state index is 12.2. The second-order valence-electron chi connectivity index (χ2n) is 5.73. The summed E-state index contributed by atoms with van der Waals surface area (Å²) in [6.07, 6.45) is 2.24. The highest BCUT2D eigenvalue weighted by Crippen LogP contribution is 2.32. The van der Waals surface area contributed by atoms with Crippen LogP contribution in [0.1, 0.15) is 19.3 Å². The van der Waals surface area contributed by atoms with Gasteiger partial charge in [0.1, 0.15) is 5.75 Å². The monoisotopic (exact) mass is 329 g/mol. The molecule has 1 fully saturated rings. The number of hydrogen-bond acceptors (Lipinski definition) is 4. The van der Waals surface area contributed by atoms with Crippen molar-refractivity contribution in [2.75, 3.05) is 18.5 Å². The first-order valence-corrected chi connectivity index (χ1v) is 7.91. The maximum Gasteiger partial charge on any atom is 0.341 e. The molecule has 1 amide bonds. The summed E-state index contributed by atoms with van der Waals surface area (Å²) in [6.45, 7) is 0.311. The number of benzene rings is 2. The number of fused-ring (bicyclic) bond motifs is 1. The number of carboxylic acid groups (broad SMARTS) is 1. The van der Waals surface area contributed by atoms with Crippen LogP contribution in [0.3, 0.4) is 0 Å². The van der Waals surface area contributed by atoms with Crippen LogP contribution in [0.25, 0.3) is 10.8 Å². The molecule has 0 aromatic heterocycles. The fourth-order valence-corrected chi connectivity index (χ4v) is 2.86. The first-order valence-electron chi connectivity index (χ1n) is 7.91. The van der Waals surface area contributed by atoms with Gasteiger partial charge in [0.15, 0.2) is 6.61 Å². The zero-order valence-corrected chi connectivity index (χ0v) is 13.2. The van der Waals surface area contributed by atoms with Crippen molar-refractivity contribution in [1.29, 1.82) is 0 Å². The van der Waals surface area contributed by atoms with Gasteiger partial charge in [0.2, 0.25) is 5.91 Å². The fourth-order valence-electron chi connectivity index (χ4n) is 2.86. The first kappa shape index (κ1) is 16.3. The molecule has 1 atom stereocenters. The van der Waals surface area contributed by atoms with Crippen molar-refractivity contribution in [1.82, 2.24) is 0 Å². The Kier molecular flexibility index (Phi) is 4.96. The van der Waals surface area contributed by atoms with Crippen molar-refractivity contribution in [2.24, 2.45) is 0 Å². The summed E-state index contributed by atoms with van der Waals surface area (Å²) in [7, 11) is 0. The molecule has 6 nitrogen and oxygen atoms in total. The second kappa shape index (κ2) is 7.31. The summed E-state index contributed by atoms with van der Waals surface area (Å²) >= 11 is 0. The lowest BCUT2D eigenvalue weighted by atomic mass is 10.1. The topological polar surface area (TPSA) is 84.9 Å². The van der Waals surface area contributed by atoms with E-state index in [1.165, 1.54) is 0 Å². The predicted octanol–water partition coefficient (Wildman–Crippen LogP) is 2.81. The Labute approximate surface area is 139 Å². The molecule has 0 bridgehead atoms. The van der Waals surface area contributed by atoms with Crippen LogP contribution in [0.4, 0.5) is 5.69 Å². The van der Waals surface area contributed by atoms with Crippen molar-refractivity contribution >= 4 is 28.3 Å². The number of aliphatic carboxylic acids is 1. The largest absolute Gasteiger partial charge is 0.481 e. The molecule has 1 aliphatic heterocycles. The second-order valence-corrected chi connectivity index (χ2v) is 5.73. The van der Waals surface area contributed by atoms with E-state index in [4.69, 9.17) is 14.6 Å². The van der Waals surface area contributed by atoms with E-state index in [1.54, 1.807) is 12.1 Å². The standard InChI is InChI=1S/C18H19NO5/c20-17(10-12-4-3-9-23-12)19-15-7-8-16(24-11-18(21)22)14-6-2-1-5-13(14)15/h1-2,5-8,12H,3-4,9-11H2,(H,19,20)(H,21,22). The number of carboxylic acids is 1. The lowest BCUT2D eigenvalue weighted by molar-refractivity contribution is -0.139. The number of amides is 1. The van der Waals surface area contributed by atoms with Gasteiger partial charge in [-0.3, -0.25) is 4.79 Å². The Bertz CT molecular complexity index is 752. The van der Waals surface area contributed by atoms with Crippen LogP contribution in [0.2, 0.25) is 0 Å². The summed E-state index contributed by atoms with van der Waals surface area (Å²) in [5, 5.41) is 13.2. The van der Waals surface area contributed by atoms with Crippen molar-refractivity contribution in [3.05, 3.63) is 36.4 Å². The van der Waals surface area contributed by atoms with Crippen LogP contribution in [0, 0.1) is 0 Å². The molecule has 3 rings (SSSR count). The molecule has 1 unspecified atom stereocenters. The molecule has 0 saturated carbocycles. The van der Waals surface area contributed by atoms with Crippen molar-refractivity contribution < 1.29 is 24.2 Å². The van der Waals surface area contributed by atoms with Gasteiger partial charge in [-0.2, -0.15) is 0 Å². The maximum atomic E-state index is 12.2. The van der Waals surface area contributed by atoms with E-state index in [9.17, 15) is 9.59 Å². The van der Waals surface area contributed by atoms with Gasteiger partial charge in [-0.05, 0) is 25.0 Å². The average molecular weight is 329 g/mol. The van der Waals surface area contributed by atoms with Crippen LogP contribution in [-0.4, -0.2) is 36.3 Å². The number of rotatable bonds is 6. The van der Waals surface area contributed by atoms with Gasteiger partial charge in [0, 0.05) is 23.1 Å². The molecule has 24 heavy (non-hydrogen) atoms. The lowest BCUT2D eigenvalue weighted by Gasteiger charge is -2.14. The fraction of sp³-hybridized carbons (Fsp3) is 0.333.